The number of carbonyl (C=O) groups is 5. The minimum absolute atomic E-state index is 0.481. The van der Waals surface area contributed by atoms with Crippen LogP contribution in [-0.4, -0.2) is 196 Å². The van der Waals surface area contributed by atoms with E-state index in [0.717, 1.165) is 13.8 Å². The summed E-state index contributed by atoms with van der Waals surface area (Å²) in [5.41, 5.74) is 5.71. The lowest BCUT2D eigenvalue weighted by Gasteiger charge is -2.50. The van der Waals surface area contributed by atoms with Gasteiger partial charge < -0.3 is 96.2 Å². The maximum absolute atomic E-state index is 12.9. The Balaban J connectivity index is 2.01. The maximum Gasteiger partial charge on any atom is 0.364 e. The number of nitrogens with two attached hydrogens (primary N) is 1. The van der Waals surface area contributed by atoms with Crippen molar-refractivity contribution >= 4 is 29.7 Å². The molecule has 15 N–H and O–H groups in total. The second-order valence-corrected chi connectivity index (χ2v) is 13.5. The summed E-state index contributed by atoms with van der Waals surface area (Å²) in [5.74, 6) is -17.7. The molecule has 3 aliphatic rings. The van der Waals surface area contributed by atoms with Crippen LogP contribution in [0.3, 0.4) is 0 Å². The zero-order valence-electron chi connectivity index (χ0n) is 29.3. The number of carbonyl (C=O) groups excluding carboxylic acids is 2. The van der Waals surface area contributed by atoms with E-state index in [2.05, 4.69) is 10.6 Å². The fraction of sp³-hybridized carbons (Fsp3) is 0.833. The molecule has 0 aliphatic carbocycles. The van der Waals surface area contributed by atoms with Crippen molar-refractivity contribution in [2.75, 3.05) is 19.8 Å². The molecular weight excluding hydrogens is 738 g/mol. The van der Waals surface area contributed by atoms with Crippen molar-refractivity contribution in [3.8, 4) is 0 Å². The maximum atomic E-state index is 12.9. The van der Waals surface area contributed by atoms with Crippen LogP contribution >= 0.6 is 0 Å². The summed E-state index contributed by atoms with van der Waals surface area (Å²) in [5, 5.41) is 121. The van der Waals surface area contributed by atoms with Gasteiger partial charge in [-0.05, 0) is 0 Å². The molecule has 3 aliphatic heterocycles. The minimum atomic E-state index is -3.17. The van der Waals surface area contributed by atoms with Gasteiger partial charge in [-0.1, -0.05) is 6.92 Å². The van der Waals surface area contributed by atoms with E-state index in [1.54, 1.807) is 0 Å². The molecule has 0 aromatic rings. The Kier molecular flexibility index (Phi) is 14.8. The van der Waals surface area contributed by atoms with E-state index in [4.69, 9.17) is 29.4 Å². The van der Waals surface area contributed by atoms with Gasteiger partial charge in [0.25, 0.3) is 17.4 Å². The van der Waals surface area contributed by atoms with E-state index in [0.29, 0.717) is 0 Å². The van der Waals surface area contributed by atoms with Crippen molar-refractivity contribution in [2.45, 2.75) is 131 Å². The van der Waals surface area contributed by atoms with Crippen LogP contribution in [0.2, 0.25) is 0 Å². The number of hydrogen-bond donors (Lipinski definition) is 14. The summed E-state index contributed by atoms with van der Waals surface area (Å²) in [6.07, 6.45) is -22.6. The Bertz CT molecular complexity index is 1380. The van der Waals surface area contributed by atoms with Crippen molar-refractivity contribution in [2.24, 2.45) is 11.7 Å². The van der Waals surface area contributed by atoms with Gasteiger partial charge in [0, 0.05) is 45.6 Å². The lowest BCUT2D eigenvalue weighted by Crippen LogP contribution is -2.70. The van der Waals surface area contributed by atoms with Crippen LogP contribution in [0.1, 0.15) is 40.0 Å². The highest BCUT2D eigenvalue weighted by Crippen LogP contribution is 2.39. The van der Waals surface area contributed by atoms with Gasteiger partial charge in [0.15, 0.2) is 0 Å². The number of amides is 2. The largest absolute Gasteiger partial charge is 0.477 e. The van der Waals surface area contributed by atoms with Crippen molar-refractivity contribution in [1.82, 2.24) is 10.6 Å². The first-order valence-electron chi connectivity index (χ1n) is 16.7. The highest BCUT2D eigenvalue weighted by atomic mass is 16.8. The Labute approximate surface area is 306 Å². The Morgan fingerprint density at radius 1 is 0.722 bits per heavy atom. The number of rotatable bonds is 16. The lowest BCUT2D eigenvalue weighted by atomic mass is 9.84. The molecule has 3 fully saturated rings. The molecule has 0 radical (unpaired) electrons. The van der Waals surface area contributed by atoms with Crippen molar-refractivity contribution in [3.05, 3.63) is 0 Å². The fourth-order valence-corrected chi connectivity index (χ4v) is 6.75. The Morgan fingerprint density at radius 3 is 1.59 bits per heavy atom. The van der Waals surface area contributed by atoms with Gasteiger partial charge in [-0.15, -0.1) is 0 Å². The number of hydrogen-bond acceptors (Lipinski definition) is 19. The number of nitrogens with one attached hydrogen (secondary N) is 2. The first-order chi connectivity index (χ1) is 25.0. The highest BCUT2D eigenvalue weighted by molar-refractivity contribution is 5.78. The van der Waals surface area contributed by atoms with E-state index in [-0.39, 0.29) is 0 Å². The molecule has 24 nitrogen and oxygen atoms in total. The van der Waals surface area contributed by atoms with Crippen LogP contribution < -0.4 is 16.4 Å². The number of aliphatic carboxylic acids is 3. The normalized spacial score (nSPS) is 39.4. The standard InChI is InChI=1S/C30H49N3O21/c1-10-13(38)4-28(49,25(43)44)53-23(10)21(41)17(8-34)52-30(27(47)48)6-15(40)20(33-12(3)37)24(54-30)22(42)18(9-35)51-29(26(45)46)5-14(39)19(32-11(2)36)16(7-31)50-29/h10,13-24,34-35,38-42,49H,4-9,31H2,1-3H3,(H,32,36)(H,33,37)(H,43,44)(H,45,46)(H,47,48). The summed E-state index contributed by atoms with van der Waals surface area (Å²) >= 11 is 0. The van der Waals surface area contributed by atoms with Crippen LogP contribution in [0, 0.1) is 5.92 Å². The number of aliphatic hydroxyl groups excluding tert-OH is 7. The summed E-state index contributed by atoms with van der Waals surface area (Å²) in [7, 11) is 0. The summed E-state index contributed by atoms with van der Waals surface area (Å²) in [4.78, 5) is 61.0. The molecule has 3 heterocycles. The highest BCUT2D eigenvalue weighted by Gasteiger charge is 2.60. The zero-order chi connectivity index (χ0) is 41.1. The molecule has 0 spiro atoms. The second kappa shape index (κ2) is 17.7. The number of aliphatic hydroxyl groups is 8. The van der Waals surface area contributed by atoms with Crippen LogP contribution in [-0.2, 0) is 47.7 Å². The molecular formula is C30H49N3O21. The minimum Gasteiger partial charge on any atom is -0.477 e. The van der Waals surface area contributed by atoms with E-state index in [9.17, 15) is 80.1 Å². The molecule has 0 saturated carbocycles. The average molecular weight is 788 g/mol. The zero-order valence-corrected chi connectivity index (χ0v) is 29.3. The predicted molar refractivity (Wildman–Crippen MR) is 169 cm³/mol. The third kappa shape index (κ3) is 9.42. The summed E-state index contributed by atoms with van der Waals surface area (Å²) in [6.45, 7) is 0.316. The molecule has 16 unspecified atom stereocenters. The van der Waals surface area contributed by atoms with Gasteiger partial charge in [-0.25, -0.2) is 14.4 Å². The van der Waals surface area contributed by atoms with Crippen molar-refractivity contribution in [3.63, 3.8) is 0 Å². The quantitative estimate of drug-likeness (QED) is 0.0691. The first-order valence-corrected chi connectivity index (χ1v) is 16.7. The number of carboxylic acids is 3. The molecule has 3 rings (SSSR count). The van der Waals surface area contributed by atoms with Gasteiger partial charge >= 0.3 is 17.9 Å². The molecule has 0 aromatic carbocycles. The van der Waals surface area contributed by atoms with Crippen molar-refractivity contribution in [1.29, 1.82) is 0 Å². The van der Waals surface area contributed by atoms with Gasteiger partial charge in [0.1, 0.15) is 30.5 Å². The van der Waals surface area contributed by atoms with E-state index >= 15 is 0 Å². The first kappa shape index (κ1) is 45.2. The Hall–Kier alpha value is -3.21. The predicted octanol–water partition coefficient (Wildman–Crippen LogP) is -7.15. The molecule has 2 amide bonds. The fourth-order valence-electron chi connectivity index (χ4n) is 6.75. The van der Waals surface area contributed by atoms with Crippen LogP contribution in [0.15, 0.2) is 0 Å². The lowest BCUT2D eigenvalue weighted by molar-refractivity contribution is -0.353. The SMILES string of the molecule is CC(=O)NC1C(O)CC(OC(CO)C(O)C2OC(OC(CO)C(O)C3OC(O)(C(=O)O)CC(O)C3C)(C(=O)O)CC(O)C2NC(C)=O)(C(=O)O)OC1CN. The van der Waals surface area contributed by atoms with Gasteiger partial charge in [-0.2, -0.15) is 0 Å². The van der Waals surface area contributed by atoms with Crippen LogP contribution in [0.25, 0.3) is 0 Å². The van der Waals surface area contributed by atoms with Gasteiger partial charge in [0.2, 0.25) is 11.8 Å². The molecule has 16 atom stereocenters. The summed E-state index contributed by atoms with van der Waals surface area (Å²) in [6, 6.07) is -2.99. The van der Waals surface area contributed by atoms with E-state index in [1.807, 2.05) is 0 Å². The number of ether oxygens (including phenoxy) is 5. The van der Waals surface area contributed by atoms with E-state index in [1.165, 1.54) is 6.92 Å². The molecule has 0 bridgehead atoms. The summed E-state index contributed by atoms with van der Waals surface area (Å²) < 4.78 is 27.5. The molecule has 310 valence electrons. The van der Waals surface area contributed by atoms with Crippen LogP contribution in [0.4, 0.5) is 0 Å². The van der Waals surface area contributed by atoms with Crippen LogP contribution in [0.5, 0.6) is 0 Å². The van der Waals surface area contributed by atoms with Gasteiger partial charge in [-0.3, -0.25) is 9.59 Å². The third-order valence-corrected chi connectivity index (χ3v) is 9.59. The smallest absolute Gasteiger partial charge is 0.364 e. The van der Waals surface area contributed by atoms with E-state index < -0.39 is 165 Å². The van der Waals surface area contributed by atoms with Crippen molar-refractivity contribution < 1.29 is 104 Å². The second-order valence-electron chi connectivity index (χ2n) is 13.5. The third-order valence-electron chi connectivity index (χ3n) is 9.59. The molecule has 3 saturated heterocycles. The monoisotopic (exact) mass is 787 g/mol. The molecule has 0 aromatic heterocycles. The van der Waals surface area contributed by atoms with Gasteiger partial charge in [0.05, 0.1) is 55.8 Å². The molecule has 54 heavy (non-hydrogen) atoms. The average Bonchev–Trinajstić information content (AvgIpc) is 3.08. The topological polar surface area (TPSA) is 404 Å². The number of carboxylic acid groups (broad SMARTS) is 3. The molecule has 24 heteroatoms. The Morgan fingerprint density at radius 2 is 1.17 bits per heavy atom.